The summed E-state index contributed by atoms with van der Waals surface area (Å²) < 4.78 is 0. The van der Waals surface area contributed by atoms with E-state index in [0.717, 1.165) is 18.5 Å². The van der Waals surface area contributed by atoms with E-state index in [1.165, 1.54) is 117 Å². The Kier molecular flexibility index (Phi) is 12.3. The van der Waals surface area contributed by atoms with Gasteiger partial charge in [0, 0.05) is 45.4 Å². The van der Waals surface area contributed by atoms with Gasteiger partial charge < -0.3 is 14.7 Å². The number of hydrogen-bond donors (Lipinski definition) is 0. The van der Waals surface area contributed by atoms with Crippen LogP contribution in [0, 0.1) is 0 Å². The van der Waals surface area contributed by atoms with Crippen molar-refractivity contribution in [3.05, 3.63) is 244 Å². The fourth-order valence-corrected chi connectivity index (χ4v) is 14.9. The molecule has 4 aliphatic rings. The molecule has 0 aromatic heterocycles. The zero-order chi connectivity index (χ0) is 58.6. The molecule has 1 aliphatic carbocycles. The van der Waals surface area contributed by atoms with Crippen LogP contribution in [0.2, 0.25) is 0 Å². The lowest BCUT2D eigenvalue weighted by Crippen LogP contribution is -2.62. The van der Waals surface area contributed by atoms with Gasteiger partial charge >= 0.3 is 0 Å². The lowest BCUT2D eigenvalue weighted by molar-refractivity contribution is 0.270. The van der Waals surface area contributed by atoms with Crippen molar-refractivity contribution in [3.8, 4) is 11.1 Å². The fraction of sp³-hybridized carbons (Fsp3) is 0.316. The van der Waals surface area contributed by atoms with Crippen molar-refractivity contribution < 1.29 is 0 Å². The van der Waals surface area contributed by atoms with Crippen molar-refractivity contribution >= 4 is 68.6 Å². The number of anilines is 8. The highest BCUT2D eigenvalue weighted by Crippen LogP contribution is 2.67. The number of rotatable bonds is 5. The highest BCUT2D eigenvalue weighted by molar-refractivity contribution is 7.00. The first-order valence-corrected chi connectivity index (χ1v) is 30.7. The van der Waals surface area contributed by atoms with Crippen LogP contribution in [0.3, 0.4) is 0 Å². The molecule has 2 unspecified atom stereocenters. The predicted molar refractivity (Wildman–Crippen MR) is 357 cm³/mol. The van der Waals surface area contributed by atoms with Crippen molar-refractivity contribution in [1.29, 1.82) is 0 Å². The Morgan fingerprint density at radius 3 is 1.51 bits per heavy atom. The van der Waals surface area contributed by atoms with Crippen molar-refractivity contribution in [2.75, 3.05) is 14.7 Å². The van der Waals surface area contributed by atoms with Gasteiger partial charge in [0.25, 0.3) is 6.71 Å². The van der Waals surface area contributed by atoms with Crippen LogP contribution in [0.15, 0.2) is 194 Å². The molecular weight excluding hydrogens is 1000 g/mol. The fourth-order valence-electron chi connectivity index (χ4n) is 14.9. The summed E-state index contributed by atoms with van der Waals surface area (Å²) >= 11 is 0. The van der Waals surface area contributed by atoms with Gasteiger partial charge in [0.2, 0.25) is 0 Å². The summed E-state index contributed by atoms with van der Waals surface area (Å²) in [6, 6.07) is 76.7. The number of fused-ring (bicyclic) bond motifs is 9. The minimum absolute atomic E-state index is 0.00771. The lowest BCUT2D eigenvalue weighted by atomic mass is 9.33. The van der Waals surface area contributed by atoms with E-state index in [-0.39, 0.29) is 33.8 Å². The number of nitrogens with zero attached hydrogens (tertiary/aromatic N) is 3. The van der Waals surface area contributed by atoms with Gasteiger partial charge in [-0.3, -0.25) is 0 Å². The smallest absolute Gasteiger partial charge is 0.252 e. The minimum atomic E-state index is -0.559. The van der Waals surface area contributed by atoms with Gasteiger partial charge in [0.05, 0.1) is 16.6 Å². The van der Waals surface area contributed by atoms with E-state index in [2.05, 4.69) is 320 Å². The Bertz CT molecular complexity index is 4020. The Labute approximate surface area is 497 Å². The molecule has 0 fully saturated rings. The van der Waals surface area contributed by atoms with Crippen molar-refractivity contribution in [2.24, 2.45) is 0 Å². The van der Waals surface area contributed by atoms with E-state index in [1.54, 1.807) is 0 Å². The molecule has 0 radical (unpaired) electrons. The maximum absolute atomic E-state index is 2.82. The standard InChI is InChI=1S/C79H84BN3/c1-73(2,3)53-31-37-59(38-32-53)81-68-42-36-57(76(10,11)12)47-65(68)80-64-39-33-58(77(13,14)15)48-69(64)82(66-40-34-55(74(4,5)6)45-61(66)51-25-19-17-20-26-51)71-50-60(49-70(81)72(71)80)83-67-41-35-56(75(7,8)9)46-63(67)79(54-28-21-18-22-29-54)44-43-52-27-23-24-30-62(52)78(79,83)16/h17-42,45-50H,43-44H2,1-16H3. The molecular formula is C79H84BN3. The quantitative estimate of drug-likeness (QED) is 0.159. The Hall–Kier alpha value is -7.56. The molecule has 0 bridgehead atoms. The highest BCUT2D eigenvalue weighted by Gasteiger charge is 2.63. The average molecular weight is 1090 g/mol. The molecule has 3 aliphatic heterocycles. The van der Waals surface area contributed by atoms with E-state index >= 15 is 0 Å². The molecule has 2 atom stereocenters. The summed E-state index contributed by atoms with van der Waals surface area (Å²) in [4.78, 5) is 8.17. The van der Waals surface area contributed by atoms with E-state index in [0.29, 0.717) is 0 Å². The molecule has 0 amide bonds. The maximum atomic E-state index is 2.82. The van der Waals surface area contributed by atoms with Crippen LogP contribution in [0.25, 0.3) is 11.1 Å². The molecule has 0 N–H and O–H groups in total. The van der Waals surface area contributed by atoms with Crippen LogP contribution >= 0.6 is 0 Å². The Balaban J connectivity index is 1.22. The van der Waals surface area contributed by atoms with Gasteiger partial charge in [-0.15, -0.1) is 0 Å². The van der Waals surface area contributed by atoms with Crippen LogP contribution < -0.4 is 31.1 Å². The second-order valence-electron chi connectivity index (χ2n) is 30.0. The van der Waals surface area contributed by atoms with Crippen molar-refractivity contribution in [3.63, 3.8) is 0 Å². The van der Waals surface area contributed by atoms with E-state index in [4.69, 9.17) is 0 Å². The highest BCUT2D eigenvalue weighted by atomic mass is 15.3. The summed E-state index contributed by atoms with van der Waals surface area (Å²) in [5.41, 5.74) is 27.0. The first-order valence-electron chi connectivity index (χ1n) is 30.7. The molecule has 13 rings (SSSR count). The third-order valence-corrected chi connectivity index (χ3v) is 19.6. The summed E-state index contributed by atoms with van der Waals surface area (Å²) in [5, 5.41) is 0. The zero-order valence-corrected chi connectivity index (χ0v) is 52.3. The van der Waals surface area contributed by atoms with E-state index in [9.17, 15) is 0 Å². The SMILES string of the molecule is CC(C)(C)c1ccc(N2c3ccc(C(C)(C)C)cc3B3c4ccc(C(C)(C)C)cc4N(c4ccc(C(C)(C)C)cc4-c4ccccc4)c4cc(N5c6ccc(C(C)(C)C)cc6C6(c7ccccc7)CCc7ccccc7C56C)cc2c43)cc1. The Morgan fingerprint density at radius 1 is 0.373 bits per heavy atom. The lowest BCUT2D eigenvalue weighted by Gasteiger charge is -2.53. The number of benzene rings is 9. The van der Waals surface area contributed by atoms with Crippen LogP contribution in [-0.2, 0) is 44.4 Å². The third-order valence-electron chi connectivity index (χ3n) is 19.6. The van der Waals surface area contributed by atoms with Crippen LogP contribution in [0.5, 0.6) is 0 Å². The first-order chi connectivity index (χ1) is 39.2. The van der Waals surface area contributed by atoms with Gasteiger partial charge in [-0.25, -0.2) is 0 Å². The minimum Gasteiger partial charge on any atom is -0.330 e. The summed E-state index contributed by atoms with van der Waals surface area (Å²) in [6.45, 7) is 37.8. The molecule has 0 saturated heterocycles. The van der Waals surface area contributed by atoms with Crippen LogP contribution in [-0.4, -0.2) is 6.71 Å². The van der Waals surface area contributed by atoms with Crippen LogP contribution in [0.1, 0.15) is 167 Å². The molecule has 0 saturated carbocycles. The molecule has 83 heavy (non-hydrogen) atoms. The molecule has 0 spiro atoms. The maximum Gasteiger partial charge on any atom is 0.252 e. The van der Waals surface area contributed by atoms with E-state index in [1.807, 2.05) is 0 Å². The molecule has 9 aromatic carbocycles. The van der Waals surface area contributed by atoms with E-state index < -0.39 is 11.0 Å². The normalized spacial score (nSPS) is 18.3. The largest absolute Gasteiger partial charge is 0.330 e. The average Bonchev–Trinajstić information content (AvgIpc) is 1.65. The molecule has 3 nitrogen and oxygen atoms in total. The molecule has 3 heterocycles. The molecule has 9 aromatic rings. The monoisotopic (exact) mass is 1090 g/mol. The first kappa shape index (κ1) is 54.7. The summed E-state index contributed by atoms with van der Waals surface area (Å²) in [5.74, 6) is 0. The van der Waals surface area contributed by atoms with Gasteiger partial charge in [-0.1, -0.05) is 243 Å². The number of aryl methyl sites for hydroxylation is 1. The van der Waals surface area contributed by atoms with Crippen molar-refractivity contribution in [1.82, 2.24) is 0 Å². The summed E-state index contributed by atoms with van der Waals surface area (Å²) in [6.07, 6.45) is 1.97. The third kappa shape index (κ3) is 8.50. The second-order valence-corrected chi connectivity index (χ2v) is 30.0. The molecule has 4 heteroatoms. The second kappa shape index (κ2) is 18.7. The van der Waals surface area contributed by atoms with Gasteiger partial charge in [0.1, 0.15) is 0 Å². The van der Waals surface area contributed by atoms with Crippen molar-refractivity contribution in [2.45, 2.75) is 162 Å². The zero-order valence-electron chi connectivity index (χ0n) is 52.3. The Morgan fingerprint density at radius 2 is 0.880 bits per heavy atom. The topological polar surface area (TPSA) is 9.72 Å². The number of hydrogen-bond acceptors (Lipinski definition) is 3. The van der Waals surface area contributed by atoms with Gasteiger partial charge in [-0.05, 0) is 173 Å². The van der Waals surface area contributed by atoms with Crippen LogP contribution in [0.4, 0.5) is 45.5 Å². The van der Waals surface area contributed by atoms with Gasteiger partial charge in [0.15, 0.2) is 0 Å². The predicted octanol–water partition coefficient (Wildman–Crippen LogP) is 19.2. The summed E-state index contributed by atoms with van der Waals surface area (Å²) in [7, 11) is 0. The van der Waals surface area contributed by atoms with Gasteiger partial charge in [-0.2, -0.15) is 0 Å². The molecule has 418 valence electrons.